The fourth-order valence-corrected chi connectivity index (χ4v) is 3.17. The normalized spacial score (nSPS) is 25.8. The van der Waals surface area contributed by atoms with Gasteiger partial charge in [-0.3, -0.25) is 4.90 Å². The van der Waals surface area contributed by atoms with E-state index in [1.165, 1.54) is 19.0 Å². The van der Waals surface area contributed by atoms with Crippen molar-refractivity contribution in [2.75, 3.05) is 19.7 Å². The zero-order chi connectivity index (χ0) is 14.8. The van der Waals surface area contributed by atoms with Gasteiger partial charge in [-0.1, -0.05) is 13.3 Å². The summed E-state index contributed by atoms with van der Waals surface area (Å²) in [5.74, 6) is -0.344. The second-order valence-corrected chi connectivity index (χ2v) is 5.76. The Hall–Kier alpha value is -1.53. The quantitative estimate of drug-likeness (QED) is 0.909. The molecule has 6 nitrogen and oxygen atoms in total. The zero-order valence-electron chi connectivity index (χ0n) is 12.3. The molecule has 0 spiro atoms. The van der Waals surface area contributed by atoms with Crippen LogP contribution in [0.3, 0.4) is 0 Å². The number of aromatic carboxylic acids is 1. The van der Waals surface area contributed by atoms with Crippen molar-refractivity contribution in [3.8, 4) is 0 Å². The van der Waals surface area contributed by atoms with Crippen LogP contribution < -0.4 is 0 Å². The SMILES string of the molecule is CCCc1nc(C2CN3CCCC3CO2)ncc1C(=O)O. The Morgan fingerprint density at radius 1 is 1.57 bits per heavy atom. The molecule has 2 unspecified atom stereocenters. The van der Waals surface area contributed by atoms with Gasteiger partial charge in [-0.2, -0.15) is 0 Å². The molecule has 114 valence electrons. The summed E-state index contributed by atoms with van der Waals surface area (Å²) in [6.07, 6.45) is 5.22. The largest absolute Gasteiger partial charge is 0.478 e. The lowest BCUT2D eigenvalue weighted by molar-refractivity contribution is -0.0542. The number of nitrogens with zero attached hydrogens (tertiary/aromatic N) is 3. The molecule has 0 saturated carbocycles. The molecular formula is C15H21N3O3. The number of fused-ring (bicyclic) bond motifs is 1. The molecule has 0 aliphatic carbocycles. The molecule has 1 aromatic heterocycles. The van der Waals surface area contributed by atoms with Crippen molar-refractivity contribution in [1.82, 2.24) is 14.9 Å². The highest BCUT2D eigenvalue weighted by Crippen LogP contribution is 2.28. The van der Waals surface area contributed by atoms with E-state index in [1.54, 1.807) is 0 Å². The number of ether oxygens (including phenoxy) is 1. The number of aryl methyl sites for hydroxylation is 1. The summed E-state index contributed by atoms with van der Waals surface area (Å²) in [4.78, 5) is 22.4. The first kappa shape index (κ1) is 14.4. The van der Waals surface area contributed by atoms with Crippen molar-refractivity contribution in [2.24, 2.45) is 0 Å². The molecule has 21 heavy (non-hydrogen) atoms. The van der Waals surface area contributed by atoms with Gasteiger partial charge in [0.2, 0.25) is 0 Å². The van der Waals surface area contributed by atoms with Crippen LogP contribution in [-0.2, 0) is 11.2 Å². The van der Waals surface area contributed by atoms with Gasteiger partial charge >= 0.3 is 5.97 Å². The zero-order valence-corrected chi connectivity index (χ0v) is 12.3. The highest BCUT2D eigenvalue weighted by molar-refractivity contribution is 5.88. The lowest BCUT2D eigenvalue weighted by Crippen LogP contribution is -2.43. The van der Waals surface area contributed by atoms with Crippen LogP contribution in [0.4, 0.5) is 0 Å². The first-order valence-electron chi connectivity index (χ1n) is 7.63. The van der Waals surface area contributed by atoms with Crippen molar-refractivity contribution >= 4 is 5.97 Å². The molecule has 2 fully saturated rings. The van der Waals surface area contributed by atoms with Crippen molar-refractivity contribution in [2.45, 2.75) is 44.8 Å². The number of morpholine rings is 1. The smallest absolute Gasteiger partial charge is 0.339 e. The van der Waals surface area contributed by atoms with Crippen LogP contribution in [0.5, 0.6) is 0 Å². The van der Waals surface area contributed by atoms with E-state index in [0.29, 0.717) is 24.0 Å². The Morgan fingerprint density at radius 3 is 3.19 bits per heavy atom. The van der Waals surface area contributed by atoms with Gasteiger partial charge in [-0.15, -0.1) is 0 Å². The molecule has 0 aromatic carbocycles. The summed E-state index contributed by atoms with van der Waals surface area (Å²) >= 11 is 0. The number of carboxylic acids is 1. The molecular weight excluding hydrogens is 270 g/mol. The van der Waals surface area contributed by atoms with Crippen LogP contribution in [0.15, 0.2) is 6.20 Å². The van der Waals surface area contributed by atoms with Gasteiger partial charge in [0.05, 0.1) is 17.9 Å². The Labute approximate surface area is 124 Å². The maximum atomic E-state index is 11.2. The monoisotopic (exact) mass is 291 g/mol. The summed E-state index contributed by atoms with van der Waals surface area (Å²) in [7, 11) is 0. The van der Waals surface area contributed by atoms with Gasteiger partial charge in [0.25, 0.3) is 0 Å². The average Bonchev–Trinajstić information content (AvgIpc) is 2.94. The fraction of sp³-hybridized carbons (Fsp3) is 0.667. The lowest BCUT2D eigenvalue weighted by atomic mass is 10.1. The third-order valence-corrected chi connectivity index (χ3v) is 4.28. The molecule has 0 bridgehead atoms. The van der Waals surface area contributed by atoms with E-state index < -0.39 is 5.97 Å². The molecule has 2 atom stereocenters. The molecule has 3 rings (SSSR count). The first-order valence-corrected chi connectivity index (χ1v) is 7.63. The average molecular weight is 291 g/mol. The van der Waals surface area contributed by atoms with E-state index in [9.17, 15) is 9.90 Å². The van der Waals surface area contributed by atoms with Crippen LogP contribution in [0, 0.1) is 0 Å². The molecule has 2 saturated heterocycles. The highest BCUT2D eigenvalue weighted by atomic mass is 16.5. The maximum absolute atomic E-state index is 11.2. The summed E-state index contributed by atoms with van der Waals surface area (Å²) < 4.78 is 5.90. The summed E-state index contributed by atoms with van der Waals surface area (Å²) in [5.41, 5.74) is 0.817. The van der Waals surface area contributed by atoms with Gasteiger partial charge in [0.15, 0.2) is 5.82 Å². The van der Waals surface area contributed by atoms with Crippen LogP contribution in [0.1, 0.15) is 54.2 Å². The third kappa shape index (κ3) is 2.91. The molecule has 3 heterocycles. The molecule has 6 heteroatoms. The predicted octanol–water partition coefficient (Wildman–Crippen LogP) is 1.66. The van der Waals surface area contributed by atoms with Crippen molar-refractivity contribution < 1.29 is 14.6 Å². The van der Waals surface area contributed by atoms with Gasteiger partial charge in [-0.25, -0.2) is 14.8 Å². The second-order valence-electron chi connectivity index (χ2n) is 5.76. The van der Waals surface area contributed by atoms with E-state index in [4.69, 9.17) is 4.74 Å². The van der Waals surface area contributed by atoms with Crippen LogP contribution >= 0.6 is 0 Å². The number of rotatable bonds is 4. The highest BCUT2D eigenvalue weighted by Gasteiger charge is 2.34. The van der Waals surface area contributed by atoms with Crippen molar-refractivity contribution in [3.05, 3.63) is 23.3 Å². The summed E-state index contributed by atoms with van der Waals surface area (Å²) in [6, 6.07) is 0.537. The van der Waals surface area contributed by atoms with Crippen LogP contribution in [0.2, 0.25) is 0 Å². The molecule has 0 amide bonds. The Kier molecular flexibility index (Phi) is 4.17. The minimum atomic E-state index is -0.964. The van der Waals surface area contributed by atoms with Crippen LogP contribution in [-0.4, -0.2) is 51.7 Å². The molecule has 1 N–H and O–H groups in total. The van der Waals surface area contributed by atoms with Gasteiger partial charge in [0, 0.05) is 18.8 Å². The Morgan fingerprint density at radius 2 is 2.43 bits per heavy atom. The minimum absolute atomic E-state index is 0.141. The van der Waals surface area contributed by atoms with Crippen molar-refractivity contribution in [1.29, 1.82) is 0 Å². The molecule has 0 radical (unpaired) electrons. The van der Waals surface area contributed by atoms with Gasteiger partial charge < -0.3 is 9.84 Å². The Bertz CT molecular complexity index is 535. The lowest BCUT2D eigenvalue weighted by Gasteiger charge is -2.34. The number of hydrogen-bond acceptors (Lipinski definition) is 5. The first-order chi connectivity index (χ1) is 10.2. The van der Waals surface area contributed by atoms with Gasteiger partial charge in [-0.05, 0) is 25.8 Å². The van der Waals surface area contributed by atoms with Crippen LogP contribution in [0.25, 0.3) is 0 Å². The molecule has 2 aliphatic rings. The number of hydrogen-bond donors (Lipinski definition) is 1. The van der Waals surface area contributed by atoms with E-state index in [-0.39, 0.29) is 11.7 Å². The molecule has 1 aromatic rings. The van der Waals surface area contributed by atoms with Gasteiger partial charge in [0.1, 0.15) is 6.10 Å². The molecule has 2 aliphatic heterocycles. The van der Waals surface area contributed by atoms with E-state index in [0.717, 1.165) is 26.1 Å². The standard InChI is InChI=1S/C15H21N3O3/c1-2-4-12-11(15(19)20)7-16-14(17-12)13-8-18-6-3-5-10(18)9-21-13/h7,10,13H,2-6,8-9H2,1H3,(H,19,20). The summed E-state index contributed by atoms with van der Waals surface area (Å²) in [6.45, 7) is 4.65. The Balaban J connectivity index is 1.81. The van der Waals surface area contributed by atoms with Crippen molar-refractivity contribution in [3.63, 3.8) is 0 Å². The second kappa shape index (κ2) is 6.07. The van der Waals surface area contributed by atoms with E-state index in [2.05, 4.69) is 14.9 Å². The predicted molar refractivity (Wildman–Crippen MR) is 76.3 cm³/mol. The number of aromatic nitrogens is 2. The number of carboxylic acid groups (broad SMARTS) is 1. The van der Waals surface area contributed by atoms with E-state index >= 15 is 0 Å². The summed E-state index contributed by atoms with van der Waals surface area (Å²) in [5, 5.41) is 9.20. The fourth-order valence-electron chi connectivity index (χ4n) is 3.17. The number of carbonyl (C=O) groups is 1. The minimum Gasteiger partial charge on any atom is -0.478 e. The van der Waals surface area contributed by atoms with E-state index in [1.807, 2.05) is 6.92 Å². The maximum Gasteiger partial charge on any atom is 0.339 e. The topological polar surface area (TPSA) is 75.5 Å². The third-order valence-electron chi connectivity index (χ3n) is 4.28.